The first-order chi connectivity index (χ1) is 9.63. The quantitative estimate of drug-likeness (QED) is 0.668. The van der Waals surface area contributed by atoms with Gasteiger partial charge in [-0.25, -0.2) is 10.4 Å². The minimum Gasteiger partial charge on any atom is -0.291 e. The van der Waals surface area contributed by atoms with E-state index in [1.165, 1.54) is 6.07 Å². The van der Waals surface area contributed by atoms with Crippen molar-refractivity contribution in [2.45, 2.75) is 6.92 Å². The number of halogens is 1. The number of hydrogen-bond donors (Lipinski definition) is 2. The first-order valence-electron chi connectivity index (χ1n) is 5.93. The Bertz CT molecular complexity index is 692. The van der Waals surface area contributed by atoms with Gasteiger partial charge in [-0.3, -0.25) is 9.78 Å². The van der Waals surface area contributed by atoms with E-state index in [1.54, 1.807) is 13.1 Å². The Morgan fingerprint density at radius 2 is 2.15 bits per heavy atom. The summed E-state index contributed by atoms with van der Waals surface area (Å²) in [6.45, 7) is 1.75. The summed E-state index contributed by atoms with van der Waals surface area (Å²) in [6.07, 6.45) is 3.52. The summed E-state index contributed by atoms with van der Waals surface area (Å²) in [5.74, 6) is 0.311. The van der Waals surface area contributed by atoms with Gasteiger partial charge in [-0.1, -0.05) is 30.3 Å². The van der Waals surface area contributed by atoms with Crippen molar-refractivity contribution in [1.82, 2.24) is 9.97 Å². The van der Waals surface area contributed by atoms with E-state index in [0.717, 1.165) is 10.0 Å². The molecule has 0 saturated heterocycles. The van der Waals surface area contributed by atoms with E-state index in [0.29, 0.717) is 11.6 Å². The van der Waals surface area contributed by atoms with Gasteiger partial charge in [0.15, 0.2) is 0 Å². The van der Waals surface area contributed by atoms with Gasteiger partial charge in [0.1, 0.15) is 0 Å². The third-order valence-corrected chi connectivity index (χ3v) is 2.77. The van der Waals surface area contributed by atoms with Crippen LogP contribution in [0.2, 0.25) is 0 Å². The summed E-state index contributed by atoms with van der Waals surface area (Å²) < 4.78 is 0.797. The number of aromatic nitrogens is 2. The van der Waals surface area contributed by atoms with E-state index in [-0.39, 0.29) is 5.56 Å². The predicted octanol–water partition coefficient (Wildman–Crippen LogP) is 2.91. The monoisotopic (exact) mass is 332 g/mol. The molecule has 2 rings (SSSR count). The number of hydrazone groups is 1. The van der Waals surface area contributed by atoms with Gasteiger partial charge < -0.3 is 0 Å². The Morgan fingerprint density at radius 3 is 2.85 bits per heavy atom. The summed E-state index contributed by atoms with van der Waals surface area (Å²) in [5, 5.41) is 4.00. The van der Waals surface area contributed by atoms with Crippen LogP contribution in [0.5, 0.6) is 0 Å². The van der Waals surface area contributed by atoms with Crippen molar-refractivity contribution < 1.29 is 0 Å². The highest BCUT2D eigenvalue weighted by Crippen LogP contribution is 2.10. The van der Waals surface area contributed by atoms with Crippen molar-refractivity contribution in [3.05, 3.63) is 62.5 Å². The summed E-state index contributed by atoms with van der Waals surface area (Å²) >= 11 is 3.40. The average molecular weight is 333 g/mol. The van der Waals surface area contributed by atoms with Crippen molar-refractivity contribution in [3.8, 4) is 0 Å². The van der Waals surface area contributed by atoms with Crippen molar-refractivity contribution in [3.63, 3.8) is 0 Å². The van der Waals surface area contributed by atoms with Gasteiger partial charge in [-0.2, -0.15) is 5.10 Å². The fourth-order valence-electron chi connectivity index (χ4n) is 1.53. The minimum atomic E-state index is -0.214. The van der Waals surface area contributed by atoms with Crippen molar-refractivity contribution >= 4 is 34.2 Å². The molecule has 0 bridgehead atoms. The van der Waals surface area contributed by atoms with E-state index in [9.17, 15) is 4.79 Å². The number of nitrogens with zero attached hydrogens (tertiary/aromatic N) is 2. The molecule has 2 N–H and O–H groups in total. The number of anilines is 1. The van der Waals surface area contributed by atoms with E-state index < -0.39 is 0 Å². The van der Waals surface area contributed by atoms with Crippen LogP contribution >= 0.6 is 15.9 Å². The van der Waals surface area contributed by atoms with Gasteiger partial charge >= 0.3 is 0 Å². The van der Waals surface area contributed by atoms with E-state index >= 15 is 0 Å². The van der Waals surface area contributed by atoms with Gasteiger partial charge in [-0.15, -0.1) is 0 Å². The van der Waals surface area contributed by atoms with Gasteiger partial charge in [0.05, 0.1) is 6.21 Å². The molecule has 0 aliphatic rings. The lowest BCUT2D eigenvalue weighted by Gasteiger charge is -1.99. The summed E-state index contributed by atoms with van der Waals surface area (Å²) in [4.78, 5) is 17.9. The molecule has 2 aromatic rings. The fourth-order valence-corrected chi connectivity index (χ4v) is 1.90. The smallest absolute Gasteiger partial charge is 0.252 e. The Morgan fingerprint density at radius 1 is 1.40 bits per heavy atom. The Kier molecular flexibility index (Phi) is 4.84. The predicted molar refractivity (Wildman–Crippen MR) is 85.1 cm³/mol. The number of hydrogen-bond acceptors (Lipinski definition) is 4. The maximum Gasteiger partial charge on any atom is 0.252 e. The highest BCUT2D eigenvalue weighted by atomic mass is 79.9. The maximum absolute atomic E-state index is 11.2. The second-order valence-electron chi connectivity index (χ2n) is 4.05. The molecule has 0 amide bonds. The van der Waals surface area contributed by atoms with Crippen LogP contribution in [0.15, 0.2) is 50.8 Å². The highest BCUT2D eigenvalue weighted by Gasteiger charge is 1.95. The number of benzene rings is 1. The molecule has 0 aliphatic carbocycles. The third kappa shape index (κ3) is 4.47. The number of H-pyrrole nitrogens is 1. The third-order valence-electron chi connectivity index (χ3n) is 2.33. The first kappa shape index (κ1) is 14.2. The molecule has 0 atom stereocenters. The molecular formula is C14H13BrN4O. The molecule has 0 spiro atoms. The Balaban J connectivity index is 2.03. The minimum absolute atomic E-state index is 0.214. The number of aromatic amines is 1. The summed E-state index contributed by atoms with van der Waals surface area (Å²) in [5.41, 5.74) is 4.15. The van der Waals surface area contributed by atoms with Crippen LogP contribution in [-0.2, 0) is 0 Å². The Labute approximate surface area is 124 Å². The molecule has 102 valence electrons. The van der Waals surface area contributed by atoms with Crippen LogP contribution in [0.4, 0.5) is 5.95 Å². The molecule has 0 radical (unpaired) electrons. The SMILES string of the molecule is Cc1cc(=O)[nH]c(N/N=C/C(Br)=C/c2ccccc2)n1. The molecule has 1 aromatic heterocycles. The molecule has 0 fully saturated rings. The average Bonchev–Trinajstić information content (AvgIpc) is 2.38. The highest BCUT2D eigenvalue weighted by molar-refractivity contribution is 9.12. The van der Waals surface area contributed by atoms with E-state index in [4.69, 9.17) is 0 Å². The van der Waals surface area contributed by atoms with Gasteiger partial charge in [0, 0.05) is 16.2 Å². The maximum atomic E-state index is 11.2. The van der Waals surface area contributed by atoms with E-state index in [2.05, 4.69) is 36.4 Å². The number of allylic oxidation sites excluding steroid dienone is 1. The fraction of sp³-hybridized carbons (Fsp3) is 0.0714. The lowest BCUT2D eigenvalue weighted by molar-refractivity contribution is 1.04. The number of rotatable bonds is 4. The Hall–Kier alpha value is -2.21. The second-order valence-corrected chi connectivity index (χ2v) is 4.96. The molecule has 20 heavy (non-hydrogen) atoms. The summed E-state index contributed by atoms with van der Waals surface area (Å²) in [6, 6.07) is 11.3. The topological polar surface area (TPSA) is 70.1 Å². The molecule has 5 nitrogen and oxygen atoms in total. The second kappa shape index (κ2) is 6.81. The molecule has 1 aromatic carbocycles. The van der Waals surface area contributed by atoms with Crippen LogP contribution in [-0.4, -0.2) is 16.2 Å². The molecule has 0 unspecified atom stereocenters. The normalized spacial score (nSPS) is 11.8. The van der Waals surface area contributed by atoms with Crippen LogP contribution in [0.25, 0.3) is 6.08 Å². The van der Waals surface area contributed by atoms with Crippen molar-refractivity contribution in [2.24, 2.45) is 5.10 Å². The lowest BCUT2D eigenvalue weighted by atomic mass is 10.2. The van der Waals surface area contributed by atoms with Gasteiger partial charge in [0.25, 0.3) is 5.56 Å². The standard InChI is InChI=1S/C14H13BrN4O/c1-10-7-13(20)18-14(17-10)19-16-9-12(15)8-11-5-3-2-4-6-11/h2-9H,1H3,(H2,17,18,19,20)/b12-8-,16-9+. The van der Waals surface area contributed by atoms with Crippen LogP contribution in [0, 0.1) is 6.92 Å². The van der Waals surface area contributed by atoms with E-state index in [1.807, 2.05) is 36.4 Å². The van der Waals surface area contributed by atoms with Crippen molar-refractivity contribution in [2.75, 3.05) is 5.43 Å². The first-order valence-corrected chi connectivity index (χ1v) is 6.72. The van der Waals surface area contributed by atoms with Crippen molar-refractivity contribution in [1.29, 1.82) is 0 Å². The largest absolute Gasteiger partial charge is 0.291 e. The van der Waals surface area contributed by atoms with Crippen LogP contribution in [0.3, 0.4) is 0 Å². The summed E-state index contributed by atoms with van der Waals surface area (Å²) in [7, 11) is 0. The van der Waals surface area contributed by atoms with Gasteiger partial charge in [0.2, 0.25) is 5.95 Å². The number of nitrogens with one attached hydrogen (secondary N) is 2. The number of aryl methyl sites for hydroxylation is 1. The molecule has 0 aliphatic heterocycles. The van der Waals surface area contributed by atoms with Crippen LogP contribution in [0.1, 0.15) is 11.3 Å². The van der Waals surface area contributed by atoms with Crippen LogP contribution < -0.4 is 11.0 Å². The lowest BCUT2D eigenvalue weighted by Crippen LogP contribution is -2.10. The molecular weight excluding hydrogens is 320 g/mol. The zero-order chi connectivity index (χ0) is 14.4. The molecule has 0 saturated carbocycles. The zero-order valence-electron chi connectivity index (χ0n) is 10.8. The molecule has 6 heteroatoms. The molecule has 1 heterocycles. The van der Waals surface area contributed by atoms with Gasteiger partial charge in [-0.05, 0) is 34.5 Å². The zero-order valence-corrected chi connectivity index (χ0v) is 12.4.